The van der Waals surface area contributed by atoms with Crippen LogP contribution < -0.4 is 4.74 Å². The Labute approximate surface area is 142 Å². The molecular formula is C16H13F9O. The lowest BCUT2D eigenvalue weighted by Crippen LogP contribution is -2.61. The van der Waals surface area contributed by atoms with E-state index in [1.807, 2.05) is 0 Å². The third-order valence-electron chi connectivity index (χ3n) is 4.12. The standard InChI is InChI=1S/C16H13F9O/c1-26-12-6-5-10-7-11(4-2-3-9(10)8-12)13(17,18)14(19,20)15(21,22)16(23,24)25/h5-8H,2-4H2,1H3. The summed E-state index contributed by atoms with van der Waals surface area (Å²) in [4.78, 5) is 0. The second-order valence-corrected chi connectivity index (χ2v) is 5.81. The lowest BCUT2D eigenvalue weighted by molar-refractivity contribution is -0.389. The molecule has 0 radical (unpaired) electrons. The van der Waals surface area contributed by atoms with Crippen molar-refractivity contribution in [3.05, 3.63) is 34.9 Å². The molecule has 0 heterocycles. The fourth-order valence-electron chi connectivity index (χ4n) is 2.62. The lowest BCUT2D eigenvalue weighted by atomic mass is 9.93. The average molecular weight is 392 g/mol. The Morgan fingerprint density at radius 3 is 2.00 bits per heavy atom. The lowest BCUT2D eigenvalue weighted by Gasteiger charge is -2.34. The minimum atomic E-state index is -6.89. The molecule has 0 unspecified atom stereocenters. The van der Waals surface area contributed by atoms with Crippen LogP contribution in [0.25, 0.3) is 6.08 Å². The smallest absolute Gasteiger partial charge is 0.460 e. The predicted octanol–water partition coefficient (Wildman–Crippen LogP) is 5.88. The van der Waals surface area contributed by atoms with Gasteiger partial charge in [0.15, 0.2) is 0 Å². The quantitative estimate of drug-likeness (QED) is 0.582. The third-order valence-corrected chi connectivity index (χ3v) is 4.12. The van der Waals surface area contributed by atoms with Gasteiger partial charge in [-0.1, -0.05) is 6.07 Å². The minimum absolute atomic E-state index is 0.0316. The molecule has 1 aromatic carbocycles. The van der Waals surface area contributed by atoms with E-state index in [0.29, 0.717) is 17.4 Å². The van der Waals surface area contributed by atoms with Crippen LogP contribution in [-0.4, -0.2) is 31.1 Å². The van der Waals surface area contributed by atoms with Crippen LogP contribution in [0.5, 0.6) is 5.75 Å². The normalized spacial score (nSPS) is 16.6. The molecular weight excluding hydrogens is 379 g/mol. The van der Waals surface area contributed by atoms with Gasteiger partial charge in [0.25, 0.3) is 0 Å². The number of benzene rings is 1. The van der Waals surface area contributed by atoms with Crippen molar-refractivity contribution in [3.8, 4) is 5.75 Å². The first-order valence-electron chi connectivity index (χ1n) is 7.34. The van der Waals surface area contributed by atoms with E-state index in [2.05, 4.69) is 0 Å². The molecule has 1 aliphatic carbocycles. The van der Waals surface area contributed by atoms with Crippen LogP contribution in [0, 0.1) is 0 Å². The van der Waals surface area contributed by atoms with Gasteiger partial charge in [0.2, 0.25) is 0 Å². The summed E-state index contributed by atoms with van der Waals surface area (Å²) in [5.41, 5.74) is -1.01. The van der Waals surface area contributed by atoms with Crippen LogP contribution >= 0.6 is 0 Å². The number of hydrogen-bond acceptors (Lipinski definition) is 1. The van der Waals surface area contributed by atoms with Crippen molar-refractivity contribution in [2.45, 2.75) is 43.2 Å². The van der Waals surface area contributed by atoms with Crippen molar-refractivity contribution >= 4 is 6.08 Å². The molecule has 0 spiro atoms. The van der Waals surface area contributed by atoms with E-state index in [0.717, 1.165) is 0 Å². The van der Waals surface area contributed by atoms with Gasteiger partial charge in [-0.3, -0.25) is 0 Å². The van der Waals surface area contributed by atoms with Crippen molar-refractivity contribution in [3.63, 3.8) is 0 Å². The number of halogens is 9. The van der Waals surface area contributed by atoms with Crippen molar-refractivity contribution in [1.82, 2.24) is 0 Å². The van der Waals surface area contributed by atoms with Crippen LogP contribution in [0.4, 0.5) is 39.5 Å². The van der Waals surface area contributed by atoms with E-state index in [1.165, 1.54) is 25.3 Å². The summed E-state index contributed by atoms with van der Waals surface area (Å²) in [6, 6.07) is 4.03. The molecule has 1 aliphatic rings. The maximum absolute atomic E-state index is 14.1. The van der Waals surface area contributed by atoms with E-state index in [-0.39, 0.29) is 18.4 Å². The first kappa shape index (κ1) is 20.4. The van der Waals surface area contributed by atoms with Crippen molar-refractivity contribution in [1.29, 1.82) is 0 Å². The summed E-state index contributed by atoms with van der Waals surface area (Å²) in [6.07, 6.45) is -7.02. The molecule has 1 aromatic rings. The first-order valence-corrected chi connectivity index (χ1v) is 7.34. The fraction of sp³-hybridized carbons (Fsp3) is 0.500. The second-order valence-electron chi connectivity index (χ2n) is 5.81. The molecule has 0 fully saturated rings. The van der Waals surface area contributed by atoms with Gasteiger partial charge in [0.1, 0.15) is 5.75 Å². The maximum Gasteiger partial charge on any atom is 0.460 e. The maximum atomic E-state index is 14.1. The summed E-state index contributed by atoms with van der Waals surface area (Å²) in [5, 5.41) is 0. The van der Waals surface area contributed by atoms with Crippen LogP contribution in [0.2, 0.25) is 0 Å². The summed E-state index contributed by atoms with van der Waals surface area (Å²) < 4.78 is 123. The summed E-state index contributed by atoms with van der Waals surface area (Å²) in [6.45, 7) is 0. The number of allylic oxidation sites excluding steroid dienone is 1. The van der Waals surface area contributed by atoms with Gasteiger partial charge in [-0.25, -0.2) is 0 Å². The molecule has 26 heavy (non-hydrogen) atoms. The molecule has 1 nitrogen and oxygen atoms in total. The number of ether oxygens (including phenoxy) is 1. The van der Waals surface area contributed by atoms with E-state index >= 15 is 0 Å². The topological polar surface area (TPSA) is 9.23 Å². The molecule has 0 aromatic heterocycles. The Kier molecular flexibility index (Phi) is 5.02. The van der Waals surface area contributed by atoms with Crippen LogP contribution in [0.1, 0.15) is 24.0 Å². The zero-order valence-electron chi connectivity index (χ0n) is 13.2. The van der Waals surface area contributed by atoms with Gasteiger partial charge in [0, 0.05) is 5.57 Å². The molecule has 0 N–H and O–H groups in total. The largest absolute Gasteiger partial charge is 0.497 e. The molecule has 0 atom stereocenters. The first-order chi connectivity index (χ1) is 11.8. The highest BCUT2D eigenvalue weighted by molar-refractivity contribution is 5.61. The third kappa shape index (κ3) is 3.14. The summed E-state index contributed by atoms with van der Waals surface area (Å²) in [7, 11) is 1.34. The molecule has 0 bridgehead atoms. The van der Waals surface area contributed by atoms with Crippen LogP contribution in [0.15, 0.2) is 23.8 Å². The highest BCUT2D eigenvalue weighted by Gasteiger charge is 2.82. The zero-order valence-corrected chi connectivity index (χ0v) is 13.2. The molecule has 0 aliphatic heterocycles. The Morgan fingerprint density at radius 1 is 0.846 bits per heavy atom. The molecule has 2 rings (SSSR count). The average Bonchev–Trinajstić information content (AvgIpc) is 2.75. The molecule has 10 heteroatoms. The van der Waals surface area contributed by atoms with Crippen LogP contribution in [0.3, 0.4) is 0 Å². The molecule has 0 saturated carbocycles. The van der Waals surface area contributed by atoms with E-state index < -0.39 is 35.9 Å². The van der Waals surface area contributed by atoms with Gasteiger partial charge in [0.05, 0.1) is 7.11 Å². The minimum Gasteiger partial charge on any atom is -0.497 e. The number of aryl methyl sites for hydroxylation is 1. The predicted molar refractivity (Wildman–Crippen MR) is 74.8 cm³/mol. The van der Waals surface area contributed by atoms with E-state index in [9.17, 15) is 39.5 Å². The number of hydrogen-bond donors (Lipinski definition) is 0. The van der Waals surface area contributed by atoms with E-state index in [1.54, 1.807) is 0 Å². The summed E-state index contributed by atoms with van der Waals surface area (Å²) >= 11 is 0. The van der Waals surface area contributed by atoms with Gasteiger partial charge in [-0.2, -0.15) is 39.5 Å². The Hall–Kier alpha value is -1.87. The molecule has 0 amide bonds. The number of alkyl halides is 9. The van der Waals surface area contributed by atoms with Crippen molar-refractivity contribution < 1.29 is 44.3 Å². The zero-order chi connectivity index (χ0) is 20.0. The SMILES string of the molecule is COc1ccc2c(c1)CCCC(C(F)(F)C(F)(F)C(F)(F)C(F)(F)F)=C2. The monoisotopic (exact) mass is 392 g/mol. The fourth-order valence-corrected chi connectivity index (χ4v) is 2.62. The summed E-state index contributed by atoms with van der Waals surface area (Å²) in [5.74, 6) is -18.9. The van der Waals surface area contributed by atoms with Crippen LogP contribution in [-0.2, 0) is 6.42 Å². The highest BCUT2D eigenvalue weighted by Crippen LogP contribution is 2.56. The van der Waals surface area contributed by atoms with E-state index in [4.69, 9.17) is 4.74 Å². The Bertz CT molecular complexity index is 704. The van der Waals surface area contributed by atoms with Crippen molar-refractivity contribution in [2.24, 2.45) is 0 Å². The van der Waals surface area contributed by atoms with Gasteiger partial charge < -0.3 is 4.74 Å². The second kappa shape index (κ2) is 6.38. The number of methoxy groups -OCH3 is 1. The Balaban J connectivity index is 2.51. The van der Waals surface area contributed by atoms with Gasteiger partial charge in [-0.15, -0.1) is 0 Å². The van der Waals surface area contributed by atoms with Crippen molar-refractivity contribution in [2.75, 3.05) is 7.11 Å². The van der Waals surface area contributed by atoms with Gasteiger partial charge in [-0.05, 0) is 48.6 Å². The van der Waals surface area contributed by atoms with Gasteiger partial charge >= 0.3 is 23.9 Å². The number of rotatable bonds is 4. The number of fused-ring (bicyclic) bond motifs is 1. The molecule has 0 saturated heterocycles. The molecule has 146 valence electrons. The Morgan fingerprint density at radius 2 is 1.46 bits per heavy atom. The highest BCUT2D eigenvalue weighted by atomic mass is 19.4.